The van der Waals surface area contributed by atoms with E-state index in [9.17, 15) is 9.18 Å². The molecule has 0 unspecified atom stereocenters. The average molecular weight is 453 g/mol. The number of hydrogen-bond donors (Lipinski definition) is 1. The van der Waals surface area contributed by atoms with Gasteiger partial charge in [0, 0.05) is 5.56 Å². The SMILES string of the molecule is Cc1ccc(N=C2NC(=O)C(=Cc3ccc(OCc4ccccc4F)c(Cl)c3)S2)cc1. The maximum absolute atomic E-state index is 13.7. The average Bonchev–Trinajstić information content (AvgIpc) is 3.09. The number of amides is 1. The molecule has 0 aromatic heterocycles. The minimum absolute atomic E-state index is 0.0733. The molecular formula is C24H18ClFN2O2S. The van der Waals surface area contributed by atoms with Crippen LogP contribution >= 0.6 is 23.4 Å². The number of aryl methyl sites for hydroxylation is 1. The van der Waals surface area contributed by atoms with Gasteiger partial charge in [0.1, 0.15) is 18.2 Å². The fourth-order valence-corrected chi connectivity index (χ4v) is 3.95. The molecule has 31 heavy (non-hydrogen) atoms. The molecule has 4 rings (SSSR count). The molecule has 1 saturated heterocycles. The van der Waals surface area contributed by atoms with Gasteiger partial charge in [-0.25, -0.2) is 9.38 Å². The summed E-state index contributed by atoms with van der Waals surface area (Å²) in [6.45, 7) is 2.08. The van der Waals surface area contributed by atoms with Gasteiger partial charge in [0.05, 0.1) is 15.6 Å². The van der Waals surface area contributed by atoms with Crippen molar-refractivity contribution in [2.24, 2.45) is 4.99 Å². The molecule has 0 atom stereocenters. The van der Waals surface area contributed by atoms with E-state index in [1.807, 2.05) is 31.2 Å². The van der Waals surface area contributed by atoms with E-state index in [0.717, 1.165) is 16.8 Å². The summed E-state index contributed by atoms with van der Waals surface area (Å²) in [6, 6.07) is 19.4. The Morgan fingerprint density at radius 3 is 2.65 bits per heavy atom. The smallest absolute Gasteiger partial charge is 0.264 e. The molecule has 4 nitrogen and oxygen atoms in total. The predicted octanol–water partition coefficient (Wildman–Crippen LogP) is 6.26. The fraction of sp³-hybridized carbons (Fsp3) is 0.0833. The number of hydrogen-bond acceptors (Lipinski definition) is 4. The number of ether oxygens (including phenoxy) is 1. The number of carbonyl (C=O) groups excluding carboxylic acids is 1. The molecule has 0 bridgehead atoms. The Balaban J connectivity index is 1.46. The van der Waals surface area contributed by atoms with Gasteiger partial charge in [0.25, 0.3) is 5.91 Å². The van der Waals surface area contributed by atoms with Crippen LogP contribution in [0, 0.1) is 12.7 Å². The Bertz CT molecular complexity index is 1190. The zero-order valence-electron chi connectivity index (χ0n) is 16.6. The van der Waals surface area contributed by atoms with E-state index in [1.165, 1.54) is 17.8 Å². The summed E-state index contributed by atoms with van der Waals surface area (Å²) in [7, 11) is 0. The Morgan fingerprint density at radius 2 is 1.90 bits per heavy atom. The summed E-state index contributed by atoms with van der Waals surface area (Å²) in [4.78, 5) is 17.3. The number of benzene rings is 3. The van der Waals surface area contributed by atoms with Gasteiger partial charge >= 0.3 is 0 Å². The van der Waals surface area contributed by atoms with Gasteiger partial charge < -0.3 is 10.1 Å². The normalized spacial score (nSPS) is 16.0. The van der Waals surface area contributed by atoms with Crippen molar-refractivity contribution < 1.29 is 13.9 Å². The lowest BCUT2D eigenvalue weighted by Crippen LogP contribution is -2.19. The van der Waals surface area contributed by atoms with Crippen molar-refractivity contribution in [1.82, 2.24) is 5.32 Å². The number of carbonyl (C=O) groups is 1. The standard InChI is InChI=1S/C24H18ClFN2O2S/c1-15-6-9-18(10-7-15)27-24-28-23(29)22(31-24)13-16-8-11-21(19(25)12-16)30-14-17-4-2-3-5-20(17)26/h2-13H,14H2,1H3,(H,27,28,29). The number of amidine groups is 1. The first-order valence-electron chi connectivity index (χ1n) is 9.50. The van der Waals surface area contributed by atoms with Crippen molar-refractivity contribution >= 4 is 46.2 Å². The highest BCUT2D eigenvalue weighted by Crippen LogP contribution is 2.31. The highest BCUT2D eigenvalue weighted by Gasteiger charge is 2.23. The van der Waals surface area contributed by atoms with Crippen molar-refractivity contribution in [2.45, 2.75) is 13.5 Å². The van der Waals surface area contributed by atoms with E-state index >= 15 is 0 Å². The molecule has 7 heteroatoms. The van der Waals surface area contributed by atoms with Crippen LogP contribution in [0.3, 0.4) is 0 Å². The largest absolute Gasteiger partial charge is 0.487 e. The predicted molar refractivity (Wildman–Crippen MR) is 124 cm³/mol. The summed E-state index contributed by atoms with van der Waals surface area (Å²) in [5, 5.41) is 3.67. The van der Waals surface area contributed by atoms with Gasteiger partial charge in [-0.1, -0.05) is 53.6 Å². The van der Waals surface area contributed by atoms with E-state index in [1.54, 1.807) is 42.5 Å². The van der Waals surface area contributed by atoms with Crippen LogP contribution in [0.4, 0.5) is 10.1 Å². The molecular weight excluding hydrogens is 435 g/mol. The second-order valence-electron chi connectivity index (χ2n) is 6.89. The number of nitrogens with zero attached hydrogens (tertiary/aromatic N) is 1. The third kappa shape index (κ3) is 5.34. The van der Waals surface area contributed by atoms with E-state index in [-0.39, 0.29) is 18.3 Å². The van der Waals surface area contributed by atoms with Crippen molar-refractivity contribution in [3.05, 3.63) is 99.2 Å². The minimum atomic E-state index is -0.327. The maximum Gasteiger partial charge on any atom is 0.264 e. The molecule has 3 aromatic rings. The molecule has 1 N–H and O–H groups in total. The molecule has 1 heterocycles. The Hall–Kier alpha value is -3.09. The molecule has 1 amide bonds. The van der Waals surface area contributed by atoms with Crippen LogP contribution in [-0.2, 0) is 11.4 Å². The monoisotopic (exact) mass is 452 g/mol. The Morgan fingerprint density at radius 1 is 1.13 bits per heavy atom. The van der Waals surface area contributed by atoms with Gasteiger partial charge in [-0.2, -0.15) is 0 Å². The zero-order chi connectivity index (χ0) is 21.8. The molecule has 1 fully saturated rings. The molecule has 0 spiro atoms. The lowest BCUT2D eigenvalue weighted by molar-refractivity contribution is -0.115. The lowest BCUT2D eigenvalue weighted by atomic mass is 10.2. The molecule has 156 valence electrons. The molecule has 0 aliphatic carbocycles. The molecule has 3 aromatic carbocycles. The zero-order valence-corrected chi connectivity index (χ0v) is 18.1. The van der Waals surface area contributed by atoms with E-state index in [0.29, 0.717) is 26.4 Å². The van der Waals surface area contributed by atoms with E-state index < -0.39 is 0 Å². The van der Waals surface area contributed by atoms with Crippen molar-refractivity contribution in [3.63, 3.8) is 0 Å². The van der Waals surface area contributed by atoms with Gasteiger partial charge in [0.2, 0.25) is 0 Å². The van der Waals surface area contributed by atoms with Crippen LogP contribution in [0.5, 0.6) is 5.75 Å². The Kier molecular flexibility index (Phi) is 6.39. The first-order chi connectivity index (χ1) is 15.0. The minimum Gasteiger partial charge on any atom is -0.487 e. The summed E-state index contributed by atoms with van der Waals surface area (Å²) in [5.41, 5.74) is 3.11. The van der Waals surface area contributed by atoms with E-state index in [4.69, 9.17) is 16.3 Å². The van der Waals surface area contributed by atoms with Crippen molar-refractivity contribution in [2.75, 3.05) is 0 Å². The molecule has 0 radical (unpaired) electrons. The van der Waals surface area contributed by atoms with Gasteiger partial charge in [0.15, 0.2) is 5.17 Å². The van der Waals surface area contributed by atoms with Crippen LogP contribution in [0.2, 0.25) is 5.02 Å². The van der Waals surface area contributed by atoms with E-state index in [2.05, 4.69) is 10.3 Å². The number of thioether (sulfide) groups is 1. The third-order valence-electron chi connectivity index (χ3n) is 4.51. The maximum atomic E-state index is 13.7. The summed E-state index contributed by atoms with van der Waals surface area (Å²) in [5.74, 6) is -0.101. The summed E-state index contributed by atoms with van der Waals surface area (Å²) in [6.07, 6.45) is 1.74. The van der Waals surface area contributed by atoms with Gasteiger partial charge in [-0.3, -0.25) is 4.79 Å². The molecule has 1 aliphatic heterocycles. The number of aliphatic imine (C=N–C) groups is 1. The Labute approximate surface area is 188 Å². The molecule has 1 aliphatic rings. The van der Waals surface area contributed by atoms with Crippen molar-refractivity contribution in [1.29, 1.82) is 0 Å². The first-order valence-corrected chi connectivity index (χ1v) is 10.7. The summed E-state index contributed by atoms with van der Waals surface area (Å²) < 4.78 is 19.4. The number of nitrogens with one attached hydrogen (secondary N) is 1. The van der Waals surface area contributed by atoms with Crippen LogP contribution in [0.15, 0.2) is 76.6 Å². The van der Waals surface area contributed by atoms with Crippen LogP contribution in [0.1, 0.15) is 16.7 Å². The van der Waals surface area contributed by atoms with Crippen LogP contribution < -0.4 is 10.1 Å². The van der Waals surface area contributed by atoms with Gasteiger partial charge in [-0.15, -0.1) is 0 Å². The number of rotatable bonds is 5. The highest BCUT2D eigenvalue weighted by atomic mass is 35.5. The summed E-state index contributed by atoms with van der Waals surface area (Å²) >= 11 is 7.59. The quantitative estimate of drug-likeness (QED) is 0.465. The van der Waals surface area contributed by atoms with Crippen LogP contribution in [0.25, 0.3) is 6.08 Å². The molecule has 0 saturated carbocycles. The topological polar surface area (TPSA) is 50.7 Å². The fourth-order valence-electron chi connectivity index (χ4n) is 2.86. The third-order valence-corrected chi connectivity index (χ3v) is 5.72. The highest BCUT2D eigenvalue weighted by molar-refractivity contribution is 8.18. The second kappa shape index (κ2) is 9.37. The second-order valence-corrected chi connectivity index (χ2v) is 8.33. The number of halogens is 2. The first kappa shape index (κ1) is 21.2. The van der Waals surface area contributed by atoms with Crippen LogP contribution in [-0.4, -0.2) is 11.1 Å². The van der Waals surface area contributed by atoms with Gasteiger partial charge in [-0.05, 0) is 60.7 Å². The lowest BCUT2D eigenvalue weighted by Gasteiger charge is -2.09. The van der Waals surface area contributed by atoms with Crippen molar-refractivity contribution in [3.8, 4) is 5.75 Å².